The summed E-state index contributed by atoms with van der Waals surface area (Å²) in [5.74, 6) is 0. The van der Waals surface area contributed by atoms with E-state index in [1.165, 1.54) is 6.20 Å². The van der Waals surface area contributed by atoms with E-state index in [1.54, 1.807) is 16.8 Å². The molecule has 0 aromatic carbocycles. The van der Waals surface area contributed by atoms with Crippen LogP contribution in [-0.2, 0) is 6.54 Å². The Balaban J connectivity index is 2.70. The summed E-state index contributed by atoms with van der Waals surface area (Å²) in [4.78, 5) is 14.6. The molecule has 0 amide bonds. The lowest BCUT2D eigenvalue weighted by molar-refractivity contribution is 0.612. The number of hydrogen-bond donors (Lipinski definition) is 1. The molecule has 1 aromatic heterocycles. The zero-order chi connectivity index (χ0) is 8.10. The van der Waals surface area contributed by atoms with Gasteiger partial charge in [0.15, 0.2) is 0 Å². The molecule has 0 unspecified atom stereocenters. The van der Waals surface area contributed by atoms with Gasteiger partial charge >= 0.3 is 5.69 Å². The van der Waals surface area contributed by atoms with Crippen molar-refractivity contribution >= 4 is 0 Å². The third-order valence-electron chi connectivity index (χ3n) is 1.39. The molecule has 4 heteroatoms. The number of hydrogen-bond acceptors (Lipinski definition) is 3. The molecule has 1 rings (SSSR count). The Bertz CT molecular complexity index is 268. The maximum Gasteiger partial charge on any atom is 0.347 e. The van der Waals surface area contributed by atoms with Crippen molar-refractivity contribution in [1.82, 2.24) is 14.9 Å². The van der Waals surface area contributed by atoms with Crippen molar-refractivity contribution in [3.8, 4) is 0 Å². The molecule has 0 saturated heterocycles. The Kier molecular flexibility index (Phi) is 2.80. The summed E-state index contributed by atoms with van der Waals surface area (Å²) < 4.78 is 1.57. The molecule has 0 fully saturated rings. The highest BCUT2D eigenvalue weighted by atomic mass is 16.1. The Morgan fingerprint density at radius 1 is 1.73 bits per heavy atom. The molecule has 60 valence electrons. The van der Waals surface area contributed by atoms with Crippen LogP contribution >= 0.6 is 0 Å². The van der Waals surface area contributed by atoms with Crippen LogP contribution in [0.2, 0.25) is 0 Å². The minimum Gasteiger partial charge on any atom is -0.318 e. The number of nitrogens with zero attached hydrogens (tertiary/aromatic N) is 2. The minimum atomic E-state index is -0.192. The van der Waals surface area contributed by atoms with Gasteiger partial charge in [-0.05, 0) is 13.1 Å². The molecule has 1 heterocycles. The van der Waals surface area contributed by atoms with E-state index in [0.717, 1.165) is 6.54 Å². The minimum absolute atomic E-state index is 0.192. The molecule has 0 radical (unpaired) electrons. The van der Waals surface area contributed by atoms with Crippen molar-refractivity contribution in [3.63, 3.8) is 0 Å². The molecule has 0 bridgehead atoms. The number of rotatable bonds is 3. The van der Waals surface area contributed by atoms with Gasteiger partial charge in [0.2, 0.25) is 0 Å². The van der Waals surface area contributed by atoms with Gasteiger partial charge in [-0.25, -0.2) is 9.78 Å². The summed E-state index contributed by atoms with van der Waals surface area (Å²) in [5.41, 5.74) is -0.192. The van der Waals surface area contributed by atoms with E-state index in [4.69, 9.17) is 0 Å². The van der Waals surface area contributed by atoms with Gasteiger partial charge in [-0.15, -0.1) is 0 Å². The first-order valence-corrected chi connectivity index (χ1v) is 3.50. The van der Waals surface area contributed by atoms with Crippen molar-refractivity contribution in [2.75, 3.05) is 13.6 Å². The standard InChI is InChI=1S/C7H11N3O/c1-8-4-6-10-5-2-3-9-7(10)11/h2-3,5,8H,4,6H2,1H3. The van der Waals surface area contributed by atoms with Crippen molar-refractivity contribution in [3.05, 3.63) is 28.9 Å². The fraction of sp³-hybridized carbons (Fsp3) is 0.429. The quantitative estimate of drug-likeness (QED) is 0.634. The fourth-order valence-corrected chi connectivity index (χ4v) is 0.790. The smallest absolute Gasteiger partial charge is 0.318 e. The second-order valence-corrected chi connectivity index (χ2v) is 2.20. The van der Waals surface area contributed by atoms with Crippen LogP contribution in [0.3, 0.4) is 0 Å². The number of likely N-dealkylation sites (N-methyl/N-ethyl adjacent to an activating group) is 1. The molecule has 0 spiro atoms. The topological polar surface area (TPSA) is 46.9 Å². The summed E-state index contributed by atoms with van der Waals surface area (Å²) >= 11 is 0. The highest BCUT2D eigenvalue weighted by Gasteiger charge is 1.91. The van der Waals surface area contributed by atoms with Gasteiger partial charge in [0.1, 0.15) is 0 Å². The van der Waals surface area contributed by atoms with Gasteiger partial charge in [0.05, 0.1) is 0 Å². The van der Waals surface area contributed by atoms with Crippen molar-refractivity contribution in [2.24, 2.45) is 0 Å². The Hall–Kier alpha value is -1.16. The third kappa shape index (κ3) is 2.16. The summed E-state index contributed by atoms with van der Waals surface area (Å²) in [6.07, 6.45) is 3.23. The summed E-state index contributed by atoms with van der Waals surface area (Å²) in [5, 5.41) is 2.96. The predicted octanol–water partition coefficient (Wildman–Crippen LogP) is -0.537. The molecule has 0 saturated carbocycles. The number of nitrogens with one attached hydrogen (secondary N) is 1. The molecule has 0 aliphatic carbocycles. The first-order chi connectivity index (χ1) is 5.34. The first-order valence-electron chi connectivity index (χ1n) is 3.50. The zero-order valence-corrected chi connectivity index (χ0v) is 6.45. The second kappa shape index (κ2) is 3.88. The maximum atomic E-state index is 10.9. The van der Waals surface area contributed by atoms with E-state index < -0.39 is 0 Å². The Morgan fingerprint density at radius 2 is 2.55 bits per heavy atom. The largest absolute Gasteiger partial charge is 0.347 e. The van der Waals surface area contributed by atoms with E-state index in [-0.39, 0.29) is 5.69 Å². The molecular formula is C7H11N3O. The van der Waals surface area contributed by atoms with Gasteiger partial charge in [0.25, 0.3) is 0 Å². The van der Waals surface area contributed by atoms with E-state index in [9.17, 15) is 4.79 Å². The van der Waals surface area contributed by atoms with Crippen LogP contribution < -0.4 is 11.0 Å². The summed E-state index contributed by atoms with van der Waals surface area (Å²) in [6.45, 7) is 1.45. The SMILES string of the molecule is CNCCn1cccnc1=O. The first kappa shape index (κ1) is 7.94. The Labute approximate surface area is 64.9 Å². The average molecular weight is 153 g/mol. The molecular weight excluding hydrogens is 142 g/mol. The lowest BCUT2D eigenvalue weighted by Gasteiger charge is -2.01. The van der Waals surface area contributed by atoms with Crippen LogP contribution in [0.4, 0.5) is 0 Å². The highest BCUT2D eigenvalue weighted by molar-refractivity contribution is 4.80. The van der Waals surface area contributed by atoms with Crippen molar-refractivity contribution in [2.45, 2.75) is 6.54 Å². The van der Waals surface area contributed by atoms with Crippen LogP contribution in [0.25, 0.3) is 0 Å². The van der Waals surface area contributed by atoms with E-state index >= 15 is 0 Å². The van der Waals surface area contributed by atoms with Crippen molar-refractivity contribution in [1.29, 1.82) is 0 Å². The lowest BCUT2D eigenvalue weighted by Crippen LogP contribution is -2.26. The van der Waals surface area contributed by atoms with Crippen LogP contribution in [0.15, 0.2) is 23.3 Å². The summed E-state index contributed by atoms with van der Waals surface area (Å²) in [6, 6.07) is 1.75. The highest BCUT2D eigenvalue weighted by Crippen LogP contribution is 1.76. The molecule has 0 aliphatic heterocycles. The van der Waals surface area contributed by atoms with Gasteiger partial charge in [0, 0.05) is 25.5 Å². The molecule has 4 nitrogen and oxygen atoms in total. The second-order valence-electron chi connectivity index (χ2n) is 2.20. The predicted molar refractivity (Wildman–Crippen MR) is 42.4 cm³/mol. The van der Waals surface area contributed by atoms with Crippen LogP contribution in [0.5, 0.6) is 0 Å². The number of aromatic nitrogens is 2. The monoisotopic (exact) mass is 153 g/mol. The van der Waals surface area contributed by atoms with E-state index in [0.29, 0.717) is 6.54 Å². The molecule has 0 aliphatic rings. The van der Waals surface area contributed by atoms with Gasteiger partial charge < -0.3 is 5.32 Å². The van der Waals surface area contributed by atoms with E-state index in [2.05, 4.69) is 10.3 Å². The molecule has 0 atom stereocenters. The Morgan fingerprint density at radius 3 is 3.18 bits per heavy atom. The summed E-state index contributed by atoms with van der Waals surface area (Å²) in [7, 11) is 1.85. The van der Waals surface area contributed by atoms with Gasteiger partial charge in [-0.2, -0.15) is 0 Å². The van der Waals surface area contributed by atoms with Crippen LogP contribution in [-0.4, -0.2) is 23.1 Å². The zero-order valence-electron chi connectivity index (χ0n) is 6.45. The maximum absolute atomic E-state index is 10.9. The molecule has 1 aromatic rings. The lowest BCUT2D eigenvalue weighted by atomic mass is 10.5. The molecule has 1 N–H and O–H groups in total. The van der Waals surface area contributed by atoms with Crippen LogP contribution in [0.1, 0.15) is 0 Å². The normalized spacial score (nSPS) is 9.91. The van der Waals surface area contributed by atoms with Gasteiger partial charge in [-0.1, -0.05) is 0 Å². The van der Waals surface area contributed by atoms with Gasteiger partial charge in [-0.3, -0.25) is 4.57 Å². The van der Waals surface area contributed by atoms with E-state index in [1.807, 2.05) is 7.05 Å². The van der Waals surface area contributed by atoms with Crippen molar-refractivity contribution < 1.29 is 0 Å². The molecule has 11 heavy (non-hydrogen) atoms. The average Bonchev–Trinajstić information content (AvgIpc) is 2.03. The van der Waals surface area contributed by atoms with Crippen LogP contribution in [0, 0.1) is 0 Å². The fourth-order valence-electron chi connectivity index (χ4n) is 0.790. The third-order valence-corrected chi connectivity index (χ3v) is 1.39.